The van der Waals surface area contributed by atoms with Crippen LogP contribution in [0.25, 0.3) is 0 Å². The number of benzene rings is 2. The molecule has 1 fully saturated rings. The number of hydrogen-bond donors (Lipinski definition) is 7. The zero-order valence-electron chi connectivity index (χ0n) is 32.1. The summed E-state index contributed by atoms with van der Waals surface area (Å²) < 4.78 is 22.6. The number of nitrogens with one attached hydrogen (secondary N) is 6. The lowest BCUT2D eigenvalue weighted by atomic mass is 9.89. The first-order valence-corrected chi connectivity index (χ1v) is 19.2. The van der Waals surface area contributed by atoms with Crippen LogP contribution < -0.4 is 26.6 Å². The maximum absolute atomic E-state index is 12.4. The highest BCUT2D eigenvalue weighted by molar-refractivity contribution is 5.90. The maximum Gasteiger partial charge on any atom is 0.319 e. The maximum atomic E-state index is 12.4. The SMILES string of the molecule is N#CC#Cc1ccc(NC(=O)CCCNC(CCOCCOCCOCCOCCN/C=C(/CCCCNC(=O)Nc2ccc(O)cc2)N=N)=C2CCC2)cc1. The average molecular weight is 773 g/mol. The number of anilines is 2. The van der Waals surface area contributed by atoms with Crippen LogP contribution in [0.2, 0.25) is 0 Å². The predicted molar refractivity (Wildman–Crippen MR) is 214 cm³/mol. The second kappa shape index (κ2) is 28.9. The Bertz CT molecular complexity index is 1620. The molecule has 15 nitrogen and oxygen atoms in total. The Kier molecular flexibility index (Phi) is 23.2. The zero-order chi connectivity index (χ0) is 39.9. The minimum absolute atomic E-state index is 0.0405. The summed E-state index contributed by atoms with van der Waals surface area (Å²) in [7, 11) is 0. The molecule has 56 heavy (non-hydrogen) atoms. The lowest BCUT2D eigenvalue weighted by Crippen LogP contribution is -2.29. The number of allylic oxidation sites excluding steroid dienone is 2. The largest absolute Gasteiger partial charge is 0.508 e. The quantitative estimate of drug-likeness (QED) is 0.0224. The number of rotatable bonds is 29. The monoisotopic (exact) mass is 772 g/mol. The van der Waals surface area contributed by atoms with Crippen molar-refractivity contribution in [2.75, 3.05) is 83.1 Å². The molecule has 0 radical (unpaired) electrons. The summed E-state index contributed by atoms with van der Waals surface area (Å²) >= 11 is 0. The molecule has 15 heteroatoms. The standard InChI is InChI=1S/C41H56N8O7/c42-20-4-6-33-11-13-35(14-12-33)47-40(51)10-5-22-45-39(34-7-3-8-34)19-24-53-26-28-55-30-31-56-29-27-54-25-23-44-32-37(49-43)9-1-2-21-46-41(52)48-36-15-17-38(50)18-16-36/h11-18,32,43-45,50H,1-3,5,7-10,19,21-31H2,(H,47,51)(H2,46,48,52)/b37-32-,49-43?. The van der Waals surface area contributed by atoms with Crippen LogP contribution in [0.3, 0.4) is 0 Å². The van der Waals surface area contributed by atoms with E-state index in [1.54, 1.807) is 48.7 Å². The van der Waals surface area contributed by atoms with Gasteiger partial charge in [-0.15, -0.1) is 0 Å². The number of urea groups is 1. The van der Waals surface area contributed by atoms with Gasteiger partial charge in [0.05, 0.1) is 58.6 Å². The fourth-order valence-corrected chi connectivity index (χ4v) is 5.26. The van der Waals surface area contributed by atoms with Gasteiger partial charge < -0.3 is 50.6 Å². The number of nitriles is 1. The van der Waals surface area contributed by atoms with Crippen molar-refractivity contribution in [2.45, 2.75) is 57.8 Å². The molecule has 0 unspecified atom stereocenters. The minimum Gasteiger partial charge on any atom is -0.508 e. The smallest absolute Gasteiger partial charge is 0.319 e. The molecule has 2 aromatic rings. The number of amides is 3. The number of hydrogen-bond acceptors (Lipinski definition) is 12. The van der Waals surface area contributed by atoms with Crippen LogP contribution in [0, 0.1) is 28.7 Å². The van der Waals surface area contributed by atoms with Gasteiger partial charge in [0.2, 0.25) is 5.91 Å². The molecular weight excluding hydrogens is 716 g/mol. The Morgan fingerprint density at radius 1 is 0.750 bits per heavy atom. The third kappa shape index (κ3) is 20.9. The van der Waals surface area contributed by atoms with Gasteiger partial charge in [0, 0.05) is 67.2 Å². The minimum atomic E-state index is -0.313. The fourth-order valence-electron chi connectivity index (χ4n) is 5.26. The Hall–Kier alpha value is -5.45. The molecule has 1 aliphatic rings. The highest BCUT2D eigenvalue weighted by Crippen LogP contribution is 2.29. The van der Waals surface area contributed by atoms with Crippen LogP contribution >= 0.6 is 0 Å². The first-order chi connectivity index (χ1) is 27.5. The van der Waals surface area contributed by atoms with Crippen molar-refractivity contribution in [3.05, 3.63) is 77.3 Å². The van der Waals surface area contributed by atoms with Gasteiger partial charge in [0.25, 0.3) is 0 Å². The van der Waals surface area contributed by atoms with Crippen molar-refractivity contribution in [2.24, 2.45) is 5.11 Å². The summed E-state index contributed by atoms with van der Waals surface area (Å²) in [5.74, 6) is 5.18. The van der Waals surface area contributed by atoms with Gasteiger partial charge >= 0.3 is 6.03 Å². The molecule has 302 valence electrons. The molecule has 1 saturated carbocycles. The van der Waals surface area contributed by atoms with Gasteiger partial charge in [0.15, 0.2) is 6.07 Å². The summed E-state index contributed by atoms with van der Waals surface area (Å²) in [6.07, 6.45) is 9.21. The van der Waals surface area contributed by atoms with Crippen LogP contribution in [0.1, 0.15) is 63.4 Å². The second-order valence-electron chi connectivity index (χ2n) is 12.7. The molecule has 0 aliphatic heterocycles. The molecule has 0 bridgehead atoms. The molecule has 0 atom stereocenters. The Morgan fingerprint density at radius 3 is 2.02 bits per heavy atom. The first-order valence-electron chi connectivity index (χ1n) is 19.2. The van der Waals surface area contributed by atoms with E-state index in [1.165, 1.54) is 29.8 Å². The van der Waals surface area contributed by atoms with Gasteiger partial charge in [-0.25, -0.2) is 10.3 Å². The topological polar surface area (TPSA) is 211 Å². The molecule has 0 saturated heterocycles. The van der Waals surface area contributed by atoms with E-state index < -0.39 is 0 Å². The van der Waals surface area contributed by atoms with E-state index in [0.717, 1.165) is 44.2 Å². The van der Waals surface area contributed by atoms with Gasteiger partial charge in [-0.3, -0.25) is 4.79 Å². The van der Waals surface area contributed by atoms with Crippen molar-refractivity contribution in [1.29, 1.82) is 10.8 Å². The number of unbranched alkanes of at least 4 members (excludes halogenated alkanes) is 1. The molecule has 3 rings (SSSR count). The Labute approximate surface area is 330 Å². The Balaban J connectivity index is 1.08. The van der Waals surface area contributed by atoms with Crippen molar-refractivity contribution >= 4 is 23.3 Å². The number of nitrogens with zero attached hydrogens (tertiary/aromatic N) is 2. The Morgan fingerprint density at radius 2 is 1.38 bits per heavy atom. The van der Waals surface area contributed by atoms with E-state index in [2.05, 4.69) is 43.5 Å². The summed E-state index contributed by atoms with van der Waals surface area (Å²) in [5.41, 5.74) is 12.7. The molecule has 2 aromatic carbocycles. The lowest BCUT2D eigenvalue weighted by molar-refractivity contribution is -0.116. The van der Waals surface area contributed by atoms with E-state index in [0.29, 0.717) is 102 Å². The number of ether oxygens (including phenoxy) is 4. The van der Waals surface area contributed by atoms with Gasteiger partial charge in [-0.1, -0.05) is 11.5 Å². The molecule has 7 N–H and O–H groups in total. The predicted octanol–water partition coefficient (Wildman–Crippen LogP) is 5.92. The van der Waals surface area contributed by atoms with Crippen LogP contribution in [0.5, 0.6) is 5.75 Å². The van der Waals surface area contributed by atoms with Crippen LogP contribution in [0.15, 0.2) is 76.8 Å². The molecule has 3 amide bonds. The summed E-state index contributed by atoms with van der Waals surface area (Å²) in [4.78, 5) is 24.3. The van der Waals surface area contributed by atoms with Crippen molar-refractivity contribution < 1.29 is 33.6 Å². The van der Waals surface area contributed by atoms with E-state index in [9.17, 15) is 14.7 Å². The average Bonchev–Trinajstić information content (AvgIpc) is 3.18. The third-order valence-electron chi connectivity index (χ3n) is 8.42. The van der Waals surface area contributed by atoms with E-state index in [4.69, 9.17) is 29.7 Å². The molecular formula is C41H56N8O7. The molecule has 1 aliphatic carbocycles. The number of carbonyl (C=O) groups is 2. The first kappa shape index (κ1) is 44.9. The third-order valence-corrected chi connectivity index (χ3v) is 8.42. The zero-order valence-corrected chi connectivity index (χ0v) is 32.1. The normalized spacial score (nSPS) is 12.0. The van der Waals surface area contributed by atoms with Gasteiger partial charge in [0.1, 0.15) is 5.75 Å². The van der Waals surface area contributed by atoms with Crippen molar-refractivity contribution in [3.63, 3.8) is 0 Å². The van der Waals surface area contributed by atoms with Gasteiger partial charge in [-0.2, -0.15) is 10.4 Å². The van der Waals surface area contributed by atoms with Gasteiger partial charge in [-0.05, 0) is 93.5 Å². The fraction of sp³-hybridized carbons (Fsp3) is 0.488. The summed E-state index contributed by atoms with van der Waals surface area (Å²) in [6.45, 7) is 5.76. The summed E-state index contributed by atoms with van der Waals surface area (Å²) in [6, 6.07) is 14.8. The van der Waals surface area contributed by atoms with Crippen molar-refractivity contribution in [1.82, 2.24) is 16.0 Å². The summed E-state index contributed by atoms with van der Waals surface area (Å²) in [5, 5.41) is 36.4. The number of aromatic hydroxyl groups is 1. The lowest BCUT2D eigenvalue weighted by Gasteiger charge is -2.23. The van der Waals surface area contributed by atoms with E-state index in [-0.39, 0.29) is 17.7 Å². The molecule has 0 heterocycles. The van der Waals surface area contributed by atoms with Crippen LogP contribution in [0.4, 0.5) is 16.2 Å². The van der Waals surface area contributed by atoms with Crippen LogP contribution in [-0.2, 0) is 23.7 Å². The highest BCUT2D eigenvalue weighted by atomic mass is 16.6. The molecule has 0 aromatic heterocycles. The van der Waals surface area contributed by atoms with E-state index in [1.807, 2.05) is 0 Å². The van der Waals surface area contributed by atoms with Crippen LogP contribution in [-0.4, -0.2) is 89.5 Å². The van der Waals surface area contributed by atoms with E-state index >= 15 is 0 Å². The second-order valence-corrected chi connectivity index (χ2v) is 12.7. The number of carbonyl (C=O) groups excluding carboxylic acids is 2. The molecule has 0 spiro atoms. The van der Waals surface area contributed by atoms with Crippen molar-refractivity contribution in [3.8, 4) is 23.7 Å². The highest BCUT2D eigenvalue weighted by Gasteiger charge is 2.14. The number of phenols is 1. The number of phenolic OH excluding ortho intramolecular Hbond substituents is 1.